The summed E-state index contributed by atoms with van der Waals surface area (Å²) in [5.74, 6) is 1.66. The van der Waals surface area contributed by atoms with Crippen LogP contribution in [-0.2, 0) is 11.3 Å². The second-order valence-corrected chi connectivity index (χ2v) is 8.98. The van der Waals surface area contributed by atoms with E-state index in [-0.39, 0.29) is 11.5 Å². The highest BCUT2D eigenvalue weighted by Gasteiger charge is 2.34. The van der Waals surface area contributed by atoms with E-state index in [2.05, 4.69) is 26.5 Å². The molecule has 144 valence electrons. The van der Waals surface area contributed by atoms with Gasteiger partial charge in [0.15, 0.2) is 0 Å². The first kappa shape index (κ1) is 18.6. The highest BCUT2D eigenvalue weighted by Crippen LogP contribution is 2.34. The molecule has 0 aromatic carbocycles. The van der Waals surface area contributed by atoms with E-state index in [0.29, 0.717) is 23.5 Å². The fourth-order valence-corrected chi connectivity index (χ4v) is 5.41. The van der Waals surface area contributed by atoms with E-state index in [1.165, 1.54) is 11.5 Å². The van der Waals surface area contributed by atoms with E-state index in [1.54, 1.807) is 17.8 Å². The van der Waals surface area contributed by atoms with Crippen molar-refractivity contribution in [1.29, 1.82) is 0 Å². The molecule has 4 rings (SSSR count). The van der Waals surface area contributed by atoms with Gasteiger partial charge >= 0.3 is 0 Å². The van der Waals surface area contributed by atoms with Crippen LogP contribution < -0.4 is 10.9 Å². The van der Waals surface area contributed by atoms with Crippen LogP contribution in [0.2, 0.25) is 0 Å². The number of piperidine rings is 1. The van der Waals surface area contributed by atoms with Gasteiger partial charge in [0.05, 0.1) is 6.54 Å². The van der Waals surface area contributed by atoms with Crippen molar-refractivity contribution in [1.82, 2.24) is 18.8 Å². The minimum absolute atomic E-state index is 0.0522. The van der Waals surface area contributed by atoms with Crippen molar-refractivity contribution in [3.63, 3.8) is 0 Å². The van der Waals surface area contributed by atoms with Crippen molar-refractivity contribution in [2.45, 2.75) is 37.4 Å². The second-order valence-electron chi connectivity index (χ2n) is 7.17. The average molecular weight is 406 g/mol. The zero-order valence-electron chi connectivity index (χ0n) is 15.3. The number of nitrogens with one attached hydrogen (secondary N) is 1. The summed E-state index contributed by atoms with van der Waals surface area (Å²) in [6, 6.07) is 5.51. The van der Waals surface area contributed by atoms with Crippen molar-refractivity contribution >= 4 is 34.3 Å². The van der Waals surface area contributed by atoms with Gasteiger partial charge in [-0.1, -0.05) is 24.8 Å². The van der Waals surface area contributed by atoms with Gasteiger partial charge in [-0.25, -0.2) is 0 Å². The second kappa shape index (κ2) is 8.12. The molecule has 2 aromatic rings. The standard InChI is InChI=1S/C18H23N5O2S2/c1-2-6-26-18-20-17(27-21-18)19-15(24)11-22-8-12-7-13(10-22)14-4-3-5-16(25)23(14)9-12/h3-5,12-13H,2,6-11H2,1H3,(H,19,20,21,24)/t12-,13-/m0/s1. The third-order valence-corrected chi connectivity index (χ3v) is 6.81. The van der Waals surface area contributed by atoms with E-state index < -0.39 is 0 Å². The number of hydrogen-bond acceptors (Lipinski definition) is 7. The predicted molar refractivity (Wildman–Crippen MR) is 108 cm³/mol. The molecule has 2 atom stereocenters. The minimum Gasteiger partial charge on any atom is -0.312 e. The summed E-state index contributed by atoms with van der Waals surface area (Å²) in [6.45, 7) is 4.86. The summed E-state index contributed by atoms with van der Waals surface area (Å²) in [5.41, 5.74) is 1.19. The number of hydrogen-bond donors (Lipinski definition) is 1. The zero-order valence-corrected chi connectivity index (χ0v) is 16.9. The molecular formula is C18H23N5O2S2. The molecular weight excluding hydrogens is 382 g/mol. The van der Waals surface area contributed by atoms with Crippen molar-refractivity contribution in [3.05, 3.63) is 34.2 Å². The number of aromatic nitrogens is 3. The molecule has 0 radical (unpaired) electrons. The molecule has 7 nitrogen and oxygen atoms in total. The van der Waals surface area contributed by atoms with Crippen LogP contribution in [0.3, 0.4) is 0 Å². The third-order valence-electron chi connectivity index (χ3n) is 5.01. The first-order valence-corrected chi connectivity index (χ1v) is 11.1. The van der Waals surface area contributed by atoms with Gasteiger partial charge < -0.3 is 4.57 Å². The number of carbonyl (C=O) groups is 1. The zero-order chi connectivity index (χ0) is 18.8. The summed E-state index contributed by atoms with van der Waals surface area (Å²) in [6.07, 6.45) is 2.16. The Balaban J connectivity index is 1.36. The van der Waals surface area contributed by atoms with Crippen molar-refractivity contribution in [2.75, 3.05) is 30.7 Å². The number of fused-ring (bicyclic) bond motifs is 4. The Morgan fingerprint density at radius 2 is 2.26 bits per heavy atom. The van der Waals surface area contributed by atoms with Crippen molar-refractivity contribution < 1.29 is 4.79 Å². The van der Waals surface area contributed by atoms with E-state index in [0.717, 1.165) is 49.1 Å². The van der Waals surface area contributed by atoms with Gasteiger partial charge in [0.2, 0.25) is 16.2 Å². The molecule has 2 aromatic heterocycles. The molecule has 1 saturated heterocycles. The van der Waals surface area contributed by atoms with E-state index in [9.17, 15) is 9.59 Å². The minimum atomic E-state index is -0.0522. The number of nitrogens with zero attached hydrogens (tertiary/aromatic N) is 4. The molecule has 2 bridgehead atoms. The Labute approximate surface area is 166 Å². The lowest BCUT2D eigenvalue weighted by atomic mass is 9.83. The maximum atomic E-state index is 12.4. The molecule has 1 fully saturated rings. The number of thioether (sulfide) groups is 1. The highest BCUT2D eigenvalue weighted by molar-refractivity contribution is 7.99. The lowest BCUT2D eigenvalue weighted by Gasteiger charge is -2.42. The van der Waals surface area contributed by atoms with Crippen molar-refractivity contribution in [3.8, 4) is 0 Å². The summed E-state index contributed by atoms with van der Waals surface area (Å²) < 4.78 is 6.18. The summed E-state index contributed by atoms with van der Waals surface area (Å²) in [7, 11) is 0. The molecule has 0 aliphatic carbocycles. The van der Waals surface area contributed by atoms with Gasteiger partial charge in [-0.3, -0.25) is 19.8 Å². The number of likely N-dealkylation sites (tertiary alicyclic amines) is 1. The molecule has 2 aliphatic heterocycles. The fraction of sp³-hybridized carbons (Fsp3) is 0.556. The smallest absolute Gasteiger partial charge is 0.250 e. The van der Waals surface area contributed by atoms with Gasteiger partial charge in [0.25, 0.3) is 5.56 Å². The lowest BCUT2D eigenvalue weighted by Crippen LogP contribution is -2.49. The first-order valence-electron chi connectivity index (χ1n) is 9.31. The molecule has 27 heavy (non-hydrogen) atoms. The SMILES string of the molecule is CCCSc1nsc(NC(=O)CN2C[C@@H]3C[C@@H](C2)c2cccc(=O)n2C3)n1. The molecule has 2 aliphatic rings. The average Bonchev–Trinajstić information content (AvgIpc) is 3.08. The van der Waals surface area contributed by atoms with Gasteiger partial charge in [-0.05, 0) is 24.8 Å². The fourth-order valence-electron chi connectivity index (χ4n) is 4.00. The summed E-state index contributed by atoms with van der Waals surface area (Å²) in [4.78, 5) is 31.1. The van der Waals surface area contributed by atoms with E-state index >= 15 is 0 Å². The number of pyridine rings is 1. The van der Waals surface area contributed by atoms with Crippen LogP contribution in [0.5, 0.6) is 0 Å². The Hall–Kier alpha value is -1.71. The number of carbonyl (C=O) groups excluding carboxylic acids is 1. The third kappa shape index (κ3) is 4.25. The van der Waals surface area contributed by atoms with Crippen LogP contribution in [0.4, 0.5) is 5.13 Å². The van der Waals surface area contributed by atoms with Gasteiger partial charge in [-0.15, -0.1) is 0 Å². The molecule has 9 heteroatoms. The van der Waals surface area contributed by atoms with E-state index in [4.69, 9.17) is 0 Å². The largest absolute Gasteiger partial charge is 0.312 e. The predicted octanol–water partition coefficient (Wildman–Crippen LogP) is 2.26. The van der Waals surface area contributed by atoms with Gasteiger partial charge in [-0.2, -0.15) is 9.36 Å². The lowest BCUT2D eigenvalue weighted by molar-refractivity contribution is -0.117. The molecule has 1 amide bonds. The first-order chi connectivity index (χ1) is 13.1. The number of amides is 1. The molecule has 0 unspecified atom stereocenters. The quantitative estimate of drug-likeness (QED) is 0.743. The molecule has 0 spiro atoms. The summed E-state index contributed by atoms with van der Waals surface area (Å²) >= 11 is 2.84. The molecule has 1 N–H and O–H groups in total. The van der Waals surface area contributed by atoms with E-state index in [1.807, 2.05) is 16.7 Å². The van der Waals surface area contributed by atoms with Crippen LogP contribution in [-0.4, -0.2) is 50.1 Å². The normalized spacial score (nSPS) is 21.7. The topological polar surface area (TPSA) is 80.1 Å². The number of rotatable bonds is 6. The van der Waals surface area contributed by atoms with Gasteiger partial charge in [0, 0.05) is 54.6 Å². The highest BCUT2D eigenvalue weighted by atomic mass is 32.2. The van der Waals surface area contributed by atoms with Gasteiger partial charge in [0.1, 0.15) is 0 Å². The van der Waals surface area contributed by atoms with Crippen LogP contribution in [0.1, 0.15) is 31.4 Å². The Morgan fingerprint density at radius 3 is 3.11 bits per heavy atom. The monoisotopic (exact) mass is 405 g/mol. The Bertz CT molecular complexity index is 881. The molecule has 0 saturated carbocycles. The Morgan fingerprint density at radius 1 is 1.37 bits per heavy atom. The van der Waals surface area contributed by atoms with Crippen molar-refractivity contribution in [2.24, 2.45) is 5.92 Å². The van der Waals surface area contributed by atoms with Crippen LogP contribution in [0.25, 0.3) is 0 Å². The number of anilines is 1. The maximum Gasteiger partial charge on any atom is 0.250 e. The van der Waals surface area contributed by atoms with Crippen LogP contribution in [0, 0.1) is 5.92 Å². The van der Waals surface area contributed by atoms with Crippen LogP contribution in [0.15, 0.2) is 28.2 Å². The maximum absolute atomic E-state index is 12.4. The van der Waals surface area contributed by atoms with Crippen LogP contribution >= 0.6 is 23.3 Å². The summed E-state index contributed by atoms with van der Waals surface area (Å²) in [5, 5.41) is 4.17. The molecule has 4 heterocycles. The Kier molecular flexibility index (Phi) is 5.60.